The van der Waals surface area contributed by atoms with E-state index in [1.165, 1.54) is 26.4 Å². The average Bonchev–Trinajstić information content (AvgIpc) is 2.55. The van der Waals surface area contributed by atoms with E-state index < -0.39 is 36.6 Å². The van der Waals surface area contributed by atoms with Crippen LogP contribution in [0.1, 0.15) is 31.1 Å². The number of nitrogens with two attached hydrogens (primary N) is 1. The van der Waals surface area contributed by atoms with Crippen molar-refractivity contribution in [2.75, 3.05) is 33.9 Å². The van der Waals surface area contributed by atoms with Crippen LogP contribution in [-0.2, 0) is 4.79 Å². The van der Waals surface area contributed by atoms with Gasteiger partial charge in [0.05, 0.1) is 14.2 Å². The van der Waals surface area contributed by atoms with E-state index in [2.05, 4.69) is 0 Å². The summed E-state index contributed by atoms with van der Waals surface area (Å²) in [7, 11) is 2.56. The number of methoxy groups -OCH3 is 2. The zero-order valence-corrected chi connectivity index (χ0v) is 16.5. The van der Waals surface area contributed by atoms with Gasteiger partial charge in [-0.1, -0.05) is 20.8 Å². The first-order chi connectivity index (χ1) is 12.8. The highest BCUT2D eigenvalue weighted by Crippen LogP contribution is 2.39. The Morgan fingerprint density at radius 2 is 1.54 bits per heavy atom. The number of halogens is 3. The molecule has 0 aliphatic rings. The summed E-state index contributed by atoms with van der Waals surface area (Å²) in [4.78, 5) is 24.5. The summed E-state index contributed by atoms with van der Waals surface area (Å²) in [6.45, 7) is 3.20. The van der Waals surface area contributed by atoms with Crippen molar-refractivity contribution in [3.63, 3.8) is 0 Å². The molecule has 10 heteroatoms. The van der Waals surface area contributed by atoms with E-state index in [1.54, 1.807) is 20.8 Å². The molecule has 0 saturated carbocycles. The molecule has 7 nitrogen and oxygen atoms in total. The van der Waals surface area contributed by atoms with Gasteiger partial charge in [0.15, 0.2) is 18.1 Å². The third-order valence-electron chi connectivity index (χ3n) is 3.39. The summed E-state index contributed by atoms with van der Waals surface area (Å²) >= 11 is 0. The van der Waals surface area contributed by atoms with E-state index in [-0.39, 0.29) is 29.4 Å². The molecule has 0 radical (unpaired) electrons. The molecule has 2 amide bonds. The zero-order valence-electron chi connectivity index (χ0n) is 16.5. The summed E-state index contributed by atoms with van der Waals surface area (Å²) in [5, 5.41) is 0. The normalized spacial score (nSPS) is 11.7. The van der Waals surface area contributed by atoms with Gasteiger partial charge in [0.25, 0.3) is 11.8 Å². The van der Waals surface area contributed by atoms with E-state index >= 15 is 0 Å². The predicted octanol–water partition coefficient (Wildman–Crippen LogP) is 2.62. The molecule has 28 heavy (non-hydrogen) atoms. The summed E-state index contributed by atoms with van der Waals surface area (Å²) in [6.07, 6.45) is -4.56. The highest BCUT2D eigenvalue weighted by Gasteiger charge is 2.35. The molecule has 0 aliphatic heterocycles. The zero-order chi connectivity index (χ0) is 21.7. The van der Waals surface area contributed by atoms with Gasteiger partial charge in [0.1, 0.15) is 6.54 Å². The Balaban J connectivity index is 3.34. The second-order valence-corrected chi connectivity index (χ2v) is 7.30. The van der Waals surface area contributed by atoms with Crippen molar-refractivity contribution >= 4 is 11.8 Å². The smallest absolute Gasteiger partial charge is 0.406 e. The Hall–Kier alpha value is -2.65. The molecule has 0 aliphatic carbocycles. The van der Waals surface area contributed by atoms with Gasteiger partial charge < -0.3 is 24.8 Å². The van der Waals surface area contributed by atoms with Crippen LogP contribution in [0.15, 0.2) is 12.1 Å². The van der Waals surface area contributed by atoms with Crippen LogP contribution in [-0.4, -0.2) is 56.8 Å². The molecule has 0 bridgehead atoms. The first-order valence-corrected chi connectivity index (χ1v) is 8.30. The van der Waals surface area contributed by atoms with Crippen LogP contribution in [0.25, 0.3) is 0 Å². The van der Waals surface area contributed by atoms with Crippen LogP contribution >= 0.6 is 0 Å². The van der Waals surface area contributed by atoms with Gasteiger partial charge in [-0.25, -0.2) is 0 Å². The van der Waals surface area contributed by atoms with Crippen molar-refractivity contribution in [1.29, 1.82) is 0 Å². The minimum Gasteiger partial charge on any atom is -0.493 e. The first-order valence-electron chi connectivity index (χ1n) is 8.30. The van der Waals surface area contributed by atoms with Crippen LogP contribution in [0.2, 0.25) is 0 Å². The number of amides is 2. The second kappa shape index (κ2) is 9.03. The van der Waals surface area contributed by atoms with E-state index in [4.69, 9.17) is 19.9 Å². The Morgan fingerprint density at radius 1 is 1.04 bits per heavy atom. The lowest BCUT2D eigenvalue weighted by Crippen LogP contribution is -2.43. The Kier molecular flexibility index (Phi) is 7.54. The minimum atomic E-state index is -4.56. The fourth-order valence-electron chi connectivity index (χ4n) is 2.46. The molecule has 0 aromatic heterocycles. The van der Waals surface area contributed by atoms with E-state index in [0.717, 1.165) is 4.90 Å². The van der Waals surface area contributed by atoms with Crippen LogP contribution < -0.4 is 19.9 Å². The third-order valence-corrected chi connectivity index (χ3v) is 3.39. The molecule has 0 heterocycles. The molecule has 158 valence electrons. The quantitative estimate of drug-likeness (QED) is 0.717. The van der Waals surface area contributed by atoms with Crippen molar-refractivity contribution < 1.29 is 37.0 Å². The number of alkyl halides is 3. The fourth-order valence-corrected chi connectivity index (χ4v) is 2.46. The molecule has 0 unspecified atom stereocenters. The van der Waals surface area contributed by atoms with Crippen LogP contribution in [0, 0.1) is 5.41 Å². The monoisotopic (exact) mass is 406 g/mol. The largest absolute Gasteiger partial charge is 0.493 e. The SMILES string of the molecule is COc1cc(C(=O)N(CC(C)(C)C)CC(F)(F)F)cc(OC)c1OCC(N)=O. The predicted molar refractivity (Wildman–Crippen MR) is 95.6 cm³/mol. The molecular formula is C18H25F3N2O5. The first kappa shape index (κ1) is 23.4. The summed E-state index contributed by atoms with van der Waals surface area (Å²) < 4.78 is 54.5. The Bertz CT molecular complexity index is 673. The van der Waals surface area contributed by atoms with Crippen LogP contribution in [0.5, 0.6) is 17.2 Å². The number of hydrogen-bond acceptors (Lipinski definition) is 5. The molecule has 2 N–H and O–H groups in total. The highest BCUT2D eigenvalue weighted by atomic mass is 19.4. The van der Waals surface area contributed by atoms with Gasteiger partial charge in [0.2, 0.25) is 5.75 Å². The average molecular weight is 406 g/mol. The van der Waals surface area contributed by atoms with E-state index in [0.29, 0.717) is 0 Å². The number of benzene rings is 1. The Labute approximate surface area is 161 Å². The number of primary amides is 1. The van der Waals surface area contributed by atoms with Crippen molar-refractivity contribution in [3.05, 3.63) is 17.7 Å². The third kappa shape index (κ3) is 7.16. The molecule has 0 spiro atoms. The number of rotatable bonds is 8. The van der Waals surface area contributed by atoms with Gasteiger partial charge in [-0.2, -0.15) is 13.2 Å². The van der Waals surface area contributed by atoms with Crippen molar-refractivity contribution in [2.24, 2.45) is 11.1 Å². The van der Waals surface area contributed by atoms with Crippen molar-refractivity contribution in [3.8, 4) is 17.2 Å². The van der Waals surface area contributed by atoms with Crippen LogP contribution in [0.3, 0.4) is 0 Å². The highest BCUT2D eigenvalue weighted by molar-refractivity contribution is 5.95. The van der Waals surface area contributed by atoms with Gasteiger partial charge in [-0.3, -0.25) is 9.59 Å². The maximum atomic E-state index is 13.0. The maximum Gasteiger partial charge on any atom is 0.406 e. The lowest BCUT2D eigenvalue weighted by Gasteiger charge is -2.31. The standard InChI is InChI=1S/C18H25F3N2O5/c1-17(2,3)9-23(10-18(19,20)21)16(25)11-6-12(26-4)15(13(7-11)27-5)28-8-14(22)24/h6-7H,8-10H2,1-5H3,(H2,22,24). The maximum absolute atomic E-state index is 13.0. The van der Waals surface area contributed by atoms with Gasteiger partial charge >= 0.3 is 6.18 Å². The lowest BCUT2D eigenvalue weighted by molar-refractivity contribution is -0.142. The van der Waals surface area contributed by atoms with E-state index in [9.17, 15) is 22.8 Å². The summed E-state index contributed by atoms with van der Waals surface area (Å²) in [5.41, 5.74) is 4.41. The number of hydrogen-bond donors (Lipinski definition) is 1. The van der Waals surface area contributed by atoms with E-state index in [1.807, 2.05) is 0 Å². The molecule has 1 aromatic carbocycles. The molecule has 0 saturated heterocycles. The van der Waals surface area contributed by atoms with Crippen LogP contribution in [0.4, 0.5) is 13.2 Å². The van der Waals surface area contributed by atoms with Gasteiger partial charge in [-0.15, -0.1) is 0 Å². The summed E-state index contributed by atoms with van der Waals surface area (Å²) in [5.74, 6) is -1.53. The van der Waals surface area contributed by atoms with Crippen molar-refractivity contribution in [1.82, 2.24) is 4.90 Å². The molecule has 1 aromatic rings. The number of carbonyl (C=O) groups is 2. The number of ether oxygens (including phenoxy) is 3. The molecule has 0 atom stereocenters. The lowest BCUT2D eigenvalue weighted by atomic mass is 9.95. The van der Waals surface area contributed by atoms with Gasteiger partial charge in [-0.05, 0) is 17.5 Å². The minimum absolute atomic E-state index is 0.0125. The van der Waals surface area contributed by atoms with Crippen molar-refractivity contribution in [2.45, 2.75) is 26.9 Å². The summed E-state index contributed by atoms with van der Waals surface area (Å²) in [6, 6.07) is 2.46. The number of nitrogens with zero attached hydrogens (tertiary/aromatic N) is 1. The topological polar surface area (TPSA) is 91.1 Å². The Morgan fingerprint density at radius 3 is 1.89 bits per heavy atom. The van der Waals surface area contributed by atoms with Gasteiger partial charge in [0, 0.05) is 12.1 Å². The molecule has 1 rings (SSSR count). The number of carbonyl (C=O) groups excluding carboxylic acids is 2. The molecular weight excluding hydrogens is 381 g/mol. The fraction of sp³-hybridized carbons (Fsp3) is 0.556. The second-order valence-electron chi connectivity index (χ2n) is 7.30. The molecule has 0 fully saturated rings.